The lowest BCUT2D eigenvalue weighted by atomic mass is 10.2. The van der Waals surface area contributed by atoms with E-state index >= 15 is 0 Å². The third kappa shape index (κ3) is 2.49. The molecule has 14 heavy (non-hydrogen) atoms. The first-order valence-corrected chi connectivity index (χ1v) is 5.06. The molecule has 0 amide bonds. The Morgan fingerprint density at radius 2 is 2.29 bits per heavy atom. The predicted octanol–water partition coefficient (Wildman–Crippen LogP) is 0.270. The van der Waals surface area contributed by atoms with E-state index in [9.17, 15) is 0 Å². The molecule has 0 aromatic carbocycles. The van der Waals surface area contributed by atoms with Gasteiger partial charge in [-0.25, -0.2) is 9.97 Å². The Hall–Kier alpha value is -1.00. The van der Waals surface area contributed by atoms with Gasteiger partial charge in [0.05, 0.1) is 6.54 Å². The zero-order chi connectivity index (χ0) is 9.80. The predicted molar refractivity (Wildman–Crippen MR) is 54.8 cm³/mol. The van der Waals surface area contributed by atoms with Crippen LogP contribution < -0.4 is 5.32 Å². The number of hydrogen-bond acceptors (Lipinski definition) is 4. The fraction of sp³-hybridized carbons (Fsp3) is 0.600. The third-order valence-electron chi connectivity index (χ3n) is 2.44. The van der Waals surface area contributed by atoms with Gasteiger partial charge in [0.25, 0.3) is 0 Å². The molecular formula is C10H16N4. The number of hydrogen-bond donors (Lipinski definition) is 1. The van der Waals surface area contributed by atoms with E-state index in [1.807, 2.05) is 6.07 Å². The summed E-state index contributed by atoms with van der Waals surface area (Å²) in [4.78, 5) is 10.8. The minimum Gasteiger partial charge on any atom is -0.312 e. The van der Waals surface area contributed by atoms with Crippen LogP contribution in [0.25, 0.3) is 0 Å². The van der Waals surface area contributed by atoms with Crippen LogP contribution in [0.3, 0.4) is 0 Å². The Labute approximate surface area is 84.4 Å². The number of aromatic nitrogens is 2. The second-order valence-corrected chi connectivity index (χ2v) is 3.76. The van der Waals surface area contributed by atoms with Crippen LogP contribution in [0, 0.1) is 0 Å². The summed E-state index contributed by atoms with van der Waals surface area (Å²) in [6.45, 7) is 6.31. The van der Waals surface area contributed by atoms with Gasteiger partial charge < -0.3 is 5.32 Å². The van der Waals surface area contributed by atoms with Gasteiger partial charge in [-0.1, -0.05) is 0 Å². The average molecular weight is 192 g/mol. The first kappa shape index (κ1) is 9.55. The van der Waals surface area contributed by atoms with E-state index in [1.54, 1.807) is 12.4 Å². The number of nitrogens with one attached hydrogen (secondary N) is 1. The first-order chi connectivity index (χ1) is 6.84. The zero-order valence-corrected chi connectivity index (χ0v) is 8.48. The normalized spacial score (nSPS) is 23.6. The van der Waals surface area contributed by atoms with Crippen LogP contribution in [0.5, 0.6) is 0 Å². The molecule has 2 heterocycles. The Bertz CT molecular complexity index is 275. The van der Waals surface area contributed by atoms with Crippen molar-refractivity contribution in [1.82, 2.24) is 20.2 Å². The minimum atomic E-state index is 0.576. The van der Waals surface area contributed by atoms with Crippen LogP contribution in [0.15, 0.2) is 18.5 Å². The Morgan fingerprint density at radius 3 is 3.00 bits per heavy atom. The van der Waals surface area contributed by atoms with Gasteiger partial charge in [0, 0.05) is 38.1 Å². The first-order valence-electron chi connectivity index (χ1n) is 5.06. The molecule has 1 aliphatic rings. The van der Waals surface area contributed by atoms with E-state index in [4.69, 9.17) is 0 Å². The van der Waals surface area contributed by atoms with Crippen LogP contribution in [0.4, 0.5) is 0 Å². The molecule has 0 radical (unpaired) electrons. The molecule has 2 rings (SSSR count). The largest absolute Gasteiger partial charge is 0.312 e. The van der Waals surface area contributed by atoms with Crippen molar-refractivity contribution in [1.29, 1.82) is 0 Å². The van der Waals surface area contributed by atoms with E-state index in [2.05, 4.69) is 27.1 Å². The molecule has 1 N–H and O–H groups in total. The summed E-state index contributed by atoms with van der Waals surface area (Å²) < 4.78 is 0. The zero-order valence-electron chi connectivity index (χ0n) is 8.48. The third-order valence-corrected chi connectivity index (χ3v) is 2.44. The maximum Gasteiger partial charge on any atom is 0.142 e. The molecule has 1 aromatic heterocycles. The molecule has 0 unspecified atom stereocenters. The monoisotopic (exact) mass is 192 g/mol. The van der Waals surface area contributed by atoms with Crippen LogP contribution in [0.1, 0.15) is 12.7 Å². The summed E-state index contributed by atoms with van der Waals surface area (Å²) >= 11 is 0. The molecular weight excluding hydrogens is 176 g/mol. The Balaban J connectivity index is 1.91. The highest BCUT2D eigenvalue weighted by Gasteiger charge is 2.15. The highest BCUT2D eigenvalue weighted by Crippen LogP contribution is 2.02. The highest BCUT2D eigenvalue weighted by molar-refractivity contribution is 4.89. The second-order valence-electron chi connectivity index (χ2n) is 3.76. The minimum absolute atomic E-state index is 0.576. The molecule has 1 fully saturated rings. The molecule has 0 bridgehead atoms. The van der Waals surface area contributed by atoms with Crippen LogP contribution in [0.2, 0.25) is 0 Å². The molecule has 1 aromatic rings. The Morgan fingerprint density at radius 1 is 1.50 bits per heavy atom. The van der Waals surface area contributed by atoms with E-state index in [0.717, 1.165) is 32.0 Å². The summed E-state index contributed by atoms with van der Waals surface area (Å²) in [6.07, 6.45) is 3.60. The maximum atomic E-state index is 4.22. The van der Waals surface area contributed by atoms with Gasteiger partial charge >= 0.3 is 0 Å². The fourth-order valence-corrected chi connectivity index (χ4v) is 1.77. The molecule has 1 saturated heterocycles. The van der Waals surface area contributed by atoms with Crippen molar-refractivity contribution in [2.24, 2.45) is 0 Å². The summed E-state index contributed by atoms with van der Waals surface area (Å²) in [5.41, 5.74) is 0. The molecule has 1 atom stereocenters. The standard InChI is InChI=1S/C10H16N4/c1-9-7-14(6-5-11-9)8-10-12-3-2-4-13-10/h2-4,9,11H,5-8H2,1H3/t9-/m1/s1. The fourth-order valence-electron chi connectivity index (χ4n) is 1.77. The van der Waals surface area contributed by atoms with Crippen molar-refractivity contribution >= 4 is 0 Å². The van der Waals surface area contributed by atoms with E-state index in [1.165, 1.54) is 0 Å². The number of piperazine rings is 1. The lowest BCUT2D eigenvalue weighted by molar-refractivity contribution is 0.195. The Kier molecular flexibility index (Phi) is 3.06. The number of rotatable bonds is 2. The summed E-state index contributed by atoms with van der Waals surface area (Å²) in [5, 5.41) is 3.42. The molecule has 76 valence electrons. The second kappa shape index (κ2) is 4.48. The van der Waals surface area contributed by atoms with Gasteiger partial charge in [0.15, 0.2) is 0 Å². The van der Waals surface area contributed by atoms with Crippen LogP contribution in [-0.4, -0.2) is 40.5 Å². The quantitative estimate of drug-likeness (QED) is 0.730. The smallest absolute Gasteiger partial charge is 0.142 e. The topological polar surface area (TPSA) is 41.1 Å². The molecule has 1 aliphatic heterocycles. The van der Waals surface area contributed by atoms with Crippen molar-refractivity contribution in [3.63, 3.8) is 0 Å². The average Bonchev–Trinajstić information content (AvgIpc) is 2.19. The summed E-state index contributed by atoms with van der Waals surface area (Å²) in [7, 11) is 0. The van der Waals surface area contributed by atoms with Crippen LogP contribution >= 0.6 is 0 Å². The number of nitrogens with zero attached hydrogens (tertiary/aromatic N) is 3. The van der Waals surface area contributed by atoms with Crippen molar-refractivity contribution in [2.75, 3.05) is 19.6 Å². The van der Waals surface area contributed by atoms with Gasteiger partial charge in [-0.05, 0) is 13.0 Å². The molecule has 4 heteroatoms. The van der Waals surface area contributed by atoms with Gasteiger partial charge in [-0.2, -0.15) is 0 Å². The van der Waals surface area contributed by atoms with Gasteiger partial charge in [-0.3, -0.25) is 4.90 Å². The molecule has 0 spiro atoms. The lowest BCUT2D eigenvalue weighted by Gasteiger charge is -2.31. The van der Waals surface area contributed by atoms with E-state index in [-0.39, 0.29) is 0 Å². The van der Waals surface area contributed by atoms with Crippen molar-refractivity contribution < 1.29 is 0 Å². The van der Waals surface area contributed by atoms with Crippen molar-refractivity contribution in [3.05, 3.63) is 24.3 Å². The van der Waals surface area contributed by atoms with Crippen LogP contribution in [-0.2, 0) is 6.54 Å². The highest BCUT2D eigenvalue weighted by atomic mass is 15.2. The summed E-state index contributed by atoms with van der Waals surface area (Å²) in [5.74, 6) is 0.918. The summed E-state index contributed by atoms with van der Waals surface area (Å²) in [6, 6.07) is 2.43. The van der Waals surface area contributed by atoms with Crippen molar-refractivity contribution in [2.45, 2.75) is 19.5 Å². The molecule has 0 saturated carbocycles. The maximum absolute atomic E-state index is 4.22. The van der Waals surface area contributed by atoms with Gasteiger partial charge in [0.2, 0.25) is 0 Å². The van der Waals surface area contributed by atoms with Crippen molar-refractivity contribution in [3.8, 4) is 0 Å². The molecule has 0 aliphatic carbocycles. The lowest BCUT2D eigenvalue weighted by Crippen LogP contribution is -2.48. The van der Waals surface area contributed by atoms with Gasteiger partial charge in [0.1, 0.15) is 5.82 Å². The van der Waals surface area contributed by atoms with E-state index < -0.39 is 0 Å². The van der Waals surface area contributed by atoms with Gasteiger partial charge in [-0.15, -0.1) is 0 Å². The SMILES string of the molecule is C[C@@H]1CN(Cc2ncccn2)CCN1. The molecule has 4 nitrogen and oxygen atoms in total. The van der Waals surface area contributed by atoms with E-state index in [0.29, 0.717) is 6.04 Å².